The molecule has 3 amide bonds. The second kappa shape index (κ2) is 5.73. The number of urea groups is 1. The molecule has 20 heavy (non-hydrogen) atoms. The number of benzene rings is 1. The highest BCUT2D eigenvalue weighted by atomic mass is 16.2. The Labute approximate surface area is 116 Å². The van der Waals surface area contributed by atoms with E-state index in [9.17, 15) is 14.4 Å². The number of Topliss-reactive ketones (excluding diaryl/α,β-unsaturated/α-hetero) is 1. The molecule has 1 aromatic carbocycles. The summed E-state index contributed by atoms with van der Waals surface area (Å²) in [6.45, 7) is 2.34. The van der Waals surface area contributed by atoms with Gasteiger partial charge in [0.2, 0.25) is 5.91 Å². The summed E-state index contributed by atoms with van der Waals surface area (Å²) in [4.78, 5) is 35.5. The average Bonchev–Trinajstić information content (AvgIpc) is 2.37. The molecule has 1 aromatic rings. The van der Waals surface area contributed by atoms with Crippen molar-refractivity contribution in [3.05, 3.63) is 29.3 Å². The average molecular weight is 275 g/mol. The Morgan fingerprint density at radius 2 is 2.10 bits per heavy atom. The summed E-state index contributed by atoms with van der Waals surface area (Å²) >= 11 is 0. The standard InChI is InChI=1S/C14H17N3O3/c1-9(18)10-4-5-12-11(7-10)3-2-6-17(12)8-13(19)16-14(15)20/h4-5,7H,2-3,6,8H2,1H3,(H3,15,16,19,20). The molecule has 0 aliphatic carbocycles. The zero-order valence-electron chi connectivity index (χ0n) is 11.3. The summed E-state index contributed by atoms with van der Waals surface area (Å²) in [5.74, 6) is -0.405. The SMILES string of the molecule is CC(=O)c1ccc2c(c1)CCCN2CC(=O)NC(N)=O. The van der Waals surface area contributed by atoms with Gasteiger partial charge in [0, 0.05) is 17.8 Å². The van der Waals surface area contributed by atoms with E-state index in [4.69, 9.17) is 5.73 Å². The van der Waals surface area contributed by atoms with Crippen LogP contribution in [0.3, 0.4) is 0 Å². The highest BCUT2D eigenvalue weighted by molar-refractivity contribution is 5.96. The molecule has 0 spiro atoms. The predicted molar refractivity (Wildman–Crippen MR) is 74.7 cm³/mol. The quantitative estimate of drug-likeness (QED) is 0.799. The number of nitrogens with one attached hydrogen (secondary N) is 1. The van der Waals surface area contributed by atoms with Crippen LogP contribution in [-0.2, 0) is 11.2 Å². The van der Waals surface area contributed by atoms with Crippen LogP contribution in [0.25, 0.3) is 0 Å². The summed E-state index contributed by atoms with van der Waals surface area (Å²) in [7, 11) is 0. The maximum Gasteiger partial charge on any atom is 0.318 e. The van der Waals surface area contributed by atoms with Gasteiger partial charge in [0.1, 0.15) is 0 Å². The van der Waals surface area contributed by atoms with Crippen molar-refractivity contribution in [2.24, 2.45) is 5.73 Å². The molecule has 106 valence electrons. The summed E-state index contributed by atoms with van der Waals surface area (Å²) in [5.41, 5.74) is 7.58. The first-order valence-corrected chi connectivity index (χ1v) is 6.45. The molecule has 1 aliphatic heterocycles. The molecule has 0 radical (unpaired) electrons. The van der Waals surface area contributed by atoms with E-state index >= 15 is 0 Å². The van der Waals surface area contributed by atoms with E-state index in [-0.39, 0.29) is 12.3 Å². The number of amides is 3. The van der Waals surface area contributed by atoms with E-state index in [1.165, 1.54) is 6.92 Å². The number of carbonyl (C=O) groups is 3. The first-order valence-electron chi connectivity index (χ1n) is 6.45. The molecular weight excluding hydrogens is 258 g/mol. The van der Waals surface area contributed by atoms with E-state index in [0.29, 0.717) is 5.56 Å². The van der Waals surface area contributed by atoms with E-state index in [0.717, 1.165) is 30.6 Å². The van der Waals surface area contributed by atoms with Gasteiger partial charge in [-0.25, -0.2) is 4.79 Å². The van der Waals surface area contributed by atoms with Crippen LogP contribution in [0.1, 0.15) is 29.3 Å². The fraction of sp³-hybridized carbons (Fsp3) is 0.357. The molecule has 1 aliphatic rings. The Morgan fingerprint density at radius 3 is 2.75 bits per heavy atom. The molecule has 0 aromatic heterocycles. The number of primary amides is 1. The normalized spacial score (nSPS) is 13.6. The van der Waals surface area contributed by atoms with Crippen LogP contribution in [0, 0.1) is 0 Å². The number of nitrogens with zero attached hydrogens (tertiary/aromatic N) is 1. The van der Waals surface area contributed by atoms with E-state index in [1.807, 2.05) is 17.0 Å². The van der Waals surface area contributed by atoms with Gasteiger partial charge in [0.05, 0.1) is 6.54 Å². The summed E-state index contributed by atoms with van der Waals surface area (Å²) < 4.78 is 0. The van der Waals surface area contributed by atoms with Gasteiger partial charge in [-0.3, -0.25) is 14.9 Å². The fourth-order valence-electron chi connectivity index (χ4n) is 2.41. The van der Waals surface area contributed by atoms with Gasteiger partial charge in [-0.1, -0.05) is 0 Å². The van der Waals surface area contributed by atoms with Crippen molar-refractivity contribution < 1.29 is 14.4 Å². The Morgan fingerprint density at radius 1 is 1.35 bits per heavy atom. The van der Waals surface area contributed by atoms with Crippen molar-refractivity contribution >= 4 is 23.4 Å². The number of hydrogen-bond donors (Lipinski definition) is 2. The second-order valence-electron chi connectivity index (χ2n) is 4.84. The molecule has 2 rings (SSSR count). The second-order valence-corrected chi connectivity index (χ2v) is 4.84. The van der Waals surface area contributed by atoms with Gasteiger partial charge in [0.15, 0.2) is 5.78 Å². The Balaban J connectivity index is 2.18. The minimum absolute atomic E-state index is 0.0244. The lowest BCUT2D eigenvalue weighted by molar-refractivity contribution is -0.118. The van der Waals surface area contributed by atoms with Crippen LogP contribution in [-0.4, -0.2) is 30.8 Å². The van der Waals surface area contributed by atoms with Crippen molar-refractivity contribution in [1.29, 1.82) is 0 Å². The van der Waals surface area contributed by atoms with Gasteiger partial charge in [-0.05, 0) is 43.5 Å². The van der Waals surface area contributed by atoms with Crippen LogP contribution >= 0.6 is 0 Å². The van der Waals surface area contributed by atoms with Crippen LogP contribution in [0.5, 0.6) is 0 Å². The third-order valence-electron chi connectivity index (χ3n) is 3.30. The minimum Gasteiger partial charge on any atom is -0.362 e. The first-order chi connectivity index (χ1) is 9.47. The topological polar surface area (TPSA) is 92.5 Å². The monoisotopic (exact) mass is 275 g/mol. The smallest absolute Gasteiger partial charge is 0.318 e. The molecule has 3 N–H and O–H groups in total. The van der Waals surface area contributed by atoms with Crippen molar-refractivity contribution in [2.75, 3.05) is 18.0 Å². The number of carbonyl (C=O) groups excluding carboxylic acids is 3. The number of nitrogens with two attached hydrogens (primary N) is 1. The highest BCUT2D eigenvalue weighted by Gasteiger charge is 2.20. The van der Waals surface area contributed by atoms with Crippen LogP contribution in [0.4, 0.5) is 10.5 Å². The number of rotatable bonds is 3. The summed E-state index contributed by atoms with van der Waals surface area (Å²) in [6.07, 6.45) is 1.78. The number of fused-ring (bicyclic) bond motifs is 1. The predicted octanol–water partition coefficient (Wildman–Crippen LogP) is 0.837. The van der Waals surface area contributed by atoms with Gasteiger partial charge in [-0.2, -0.15) is 0 Å². The van der Waals surface area contributed by atoms with Gasteiger partial charge >= 0.3 is 6.03 Å². The van der Waals surface area contributed by atoms with Crippen molar-refractivity contribution in [1.82, 2.24) is 5.32 Å². The van der Waals surface area contributed by atoms with Crippen molar-refractivity contribution in [3.63, 3.8) is 0 Å². The zero-order chi connectivity index (χ0) is 14.7. The Kier molecular flexibility index (Phi) is 4.02. The molecule has 6 nitrogen and oxygen atoms in total. The molecule has 0 saturated carbocycles. The molecule has 0 saturated heterocycles. The highest BCUT2D eigenvalue weighted by Crippen LogP contribution is 2.27. The maximum absolute atomic E-state index is 11.6. The van der Waals surface area contributed by atoms with Gasteiger partial charge in [0.25, 0.3) is 0 Å². The largest absolute Gasteiger partial charge is 0.362 e. The van der Waals surface area contributed by atoms with Crippen LogP contribution < -0.4 is 16.0 Å². The number of aryl methyl sites for hydroxylation is 1. The van der Waals surface area contributed by atoms with E-state index in [2.05, 4.69) is 5.32 Å². The number of hydrogen-bond acceptors (Lipinski definition) is 4. The zero-order valence-corrected chi connectivity index (χ0v) is 11.3. The lowest BCUT2D eigenvalue weighted by Crippen LogP contribution is -2.43. The lowest BCUT2D eigenvalue weighted by Gasteiger charge is -2.30. The third kappa shape index (κ3) is 3.14. The van der Waals surface area contributed by atoms with Crippen LogP contribution in [0.2, 0.25) is 0 Å². The minimum atomic E-state index is -0.848. The Hall–Kier alpha value is -2.37. The molecule has 0 unspecified atom stereocenters. The fourth-order valence-corrected chi connectivity index (χ4v) is 2.41. The first kappa shape index (κ1) is 14.0. The third-order valence-corrected chi connectivity index (χ3v) is 3.30. The number of anilines is 1. The van der Waals surface area contributed by atoms with E-state index < -0.39 is 11.9 Å². The number of ketones is 1. The van der Waals surface area contributed by atoms with Crippen LogP contribution in [0.15, 0.2) is 18.2 Å². The summed E-state index contributed by atoms with van der Waals surface area (Å²) in [6, 6.07) is 4.63. The van der Waals surface area contributed by atoms with Crippen molar-refractivity contribution in [2.45, 2.75) is 19.8 Å². The van der Waals surface area contributed by atoms with Gasteiger partial charge < -0.3 is 10.6 Å². The Bertz CT molecular complexity index is 569. The molecule has 1 heterocycles. The lowest BCUT2D eigenvalue weighted by atomic mass is 9.98. The maximum atomic E-state index is 11.6. The van der Waals surface area contributed by atoms with Gasteiger partial charge in [-0.15, -0.1) is 0 Å². The van der Waals surface area contributed by atoms with Crippen molar-refractivity contribution in [3.8, 4) is 0 Å². The number of imide groups is 1. The molecular formula is C14H17N3O3. The molecule has 0 bridgehead atoms. The summed E-state index contributed by atoms with van der Waals surface area (Å²) in [5, 5.41) is 2.05. The molecule has 0 fully saturated rings. The molecule has 6 heteroatoms. The molecule has 0 atom stereocenters. The van der Waals surface area contributed by atoms with E-state index in [1.54, 1.807) is 6.07 Å².